The van der Waals surface area contributed by atoms with Crippen LogP contribution in [-0.2, 0) is 4.79 Å². The largest absolute Gasteiger partial charge is 0.324 e. The van der Waals surface area contributed by atoms with Crippen LogP contribution in [0.25, 0.3) is 0 Å². The second kappa shape index (κ2) is 9.78. The predicted molar refractivity (Wildman–Crippen MR) is 119 cm³/mol. The monoisotopic (exact) mass is 444 g/mol. The fourth-order valence-electron chi connectivity index (χ4n) is 3.34. The van der Waals surface area contributed by atoms with Gasteiger partial charge >= 0.3 is 0 Å². The van der Waals surface area contributed by atoms with Crippen LogP contribution in [-0.4, -0.2) is 21.8 Å². The highest BCUT2D eigenvalue weighted by Gasteiger charge is 2.34. The van der Waals surface area contributed by atoms with Crippen molar-refractivity contribution in [2.75, 3.05) is 10.2 Å². The summed E-state index contributed by atoms with van der Waals surface area (Å²) >= 11 is 0. The van der Waals surface area contributed by atoms with Crippen molar-refractivity contribution >= 4 is 23.2 Å². The molecular formula is C25H18F2N4O2. The molecule has 0 saturated heterocycles. The Balaban J connectivity index is 1.83. The standard InChI is InChI=1S/C25H18F2N4O2/c26-18-9-11-20(12-10-18)30-24(32)23(17-5-2-1-3-6-17)31(21-8-4-7-19(27)15-21)25(33)22-16-28-13-14-29-22/h1-16,23H,(H,30,32). The highest BCUT2D eigenvalue weighted by Crippen LogP contribution is 2.31. The van der Waals surface area contributed by atoms with E-state index in [2.05, 4.69) is 15.3 Å². The minimum absolute atomic E-state index is 0.0164. The van der Waals surface area contributed by atoms with Crippen molar-refractivity contribution in [3.05, 3.63) is 120 Å². The summed E-state index contributed by atoms with van der Waals surface area (Å²) in [6.07, 6.45) is 4.04. The zero-order valence-corrected chi connectivity index (χ0v) is 17.2. The molecule has 0 fully saturated rings. The van der Waals surface area contributed by atoms with Crippen molar-refractivity contribution in [2.24, 2.45) is 0 Å². The number of nitrogens with zero attached hydrogens (tertiary/aromatic N) is 3. The highest BCUT2D eigenvalue weighted by atomic mass is 19.1. The maximum atomic E-state index is 14.1. The molecular weight excluding hydrogens is 426 g/mol. The molecule has 0 bridgehead atoms. The SMILES string of the molecule is O=C(Nc1ccc(F)cc1)C(c1ccccc1)N(C(=O)c1cnccn1)c1cccc(F)c1. The summed E-state index contributed by atoms with van der Waals surface area (Å²) in [6.45, 7) is 0. The molecule has 2 amide bonds. The Kier molecular flexibility index (Phi) is 6.45. The van der Waals surface area contributed by atoms with Gasteiger partial charge in [-0.3, -0.25) is 19.5 Å². The third kappa shape index (κ3) is 5.07. The molecule has 1 aromatic heterocycles. The van der Waals surface area contributed by atoms with E-state index >= 15 is 0 Å². The fraction of sp³-hybridized carbons (Fsp3) is 0.0400. The van der Waals surface area contributed by atoms with Crippen LogP contribution in [0.2, 0.25) is 0 Å². The summed E-state index contributed by atoms with van der Waals surface area (Å²) in [6, 6.07) is 18.0. The summed E-state index contributed by atoms with van der Waals surface area (Å²) in [4.78, 5) is 36.2. The van der Waals surface area contributed by atoms with Gasteiger partial charge < -0.3 is 5.32 Å². The summed E-state index contributed by atoms with van der Waals surface area (Å²) in [7, 11) is 0. The van der Waals surface area contributed by atoms with Gasteiger partial charge in [-0.15, -0.1) is 0 Å². The van der Waals surface area contributed by atoms with Gasteiger partial charge in [-0.05, 0) is 48.0 Å². The van der Waals surface area contributed by atoms with Crippen LogP contribution in [0.5, 0.6) is 0 Å². The van der Waals surface area contributed by atoms with Crippen molar-refractivity contribution in [1.82, 2.24) is 9.97 Å². The van der Waals surface area contributed by atoms with Gasteiger partial charge in [0.15, 0.2) is 0 Å². The molecule has 164 valence electrons. The Labute approximate surface area is 188 Å². The number of carbonyl (C=O) groups excluding carboxylic acids is 2. The molecule has 0 radical (unpaired) electrons. The second-order valence-corrected chi connectivity index (χ2v) is 7.06. The minimum Gasteiger partial charge on any atom is -0.324 e. The minimum atomic E-state index is -1.19. The average molecular weight is 444 g/mol. The molecule has 1 N–H and O–H groups in total. The molecule has 1 atom stereocenters. The molecule has 1 unspecified atom stereocenters. The summed E-state index contributed by atoms with van der Waals surface area (Å²) in [5, 5.41) is 2.71. The van der Waals surface area contributed by atoms with E-state index in [1.165, 1.54) is 66.0 Å². The summed E-state index contributed by atoms with van der Waals surface area (Å²) in [5.41, 5.74) is 0.970. The number of aromatic nitrogens is 2. The average Bonchev–Trinajstić information content (AvgIpc) is 2.84. The van der Waals surface area contributed by atoms with Gasteiger partial charge in [0, 0.05) is 23.8 Å². The van der Waals surface area contributed by atoms with Crippen LogP contribution in [0.3, 0.4) is 0 Å². The maximum absolute atomic E-state index is 14.1. The van der Waals surface area contributed by atoms with Gasteiger partial charge in [-0.25, -0.2) is 13.8 Å². The Morgan fingerprint density at radius 2 is 1.61 bits per heavy atom. The van der Waals surface area contributed by atoms with Gasteiger partial charge in [0.25, 0.3) is 11.8 Å². The third-order valence-electron chi connectivity index (χ3n) is 4.82. The molecule has 8 heteroatoms. The lowest BCUT2D eigenvalue weighted by Gasteiger charge is -2.31. The highest BCUT2D eigenvalue weighted by molar-refractivity contribution is 6.11. The number of hydrogen-bond donors (Lipinski definition) is 1. The second-order valence-electron chi connectivity index (χ2n) is 7.06. The molecule has 0 spiro atoms. The van der Waals surface area contributed by atoms with E-state index in [4.69, 9.17) is 0 Å². The first-order valence-corrected chi connectivity index (χ1v) is 9.99. The summed E-state index contributed by atoms with van der Waals surface area (Å²) < 4.78 is 27.5. The number of nitrogens with one attached hydrogen (secondary N) is 1. The lowest BCUT2D eigenvalue weighted by Crippen LogP contribution is -2.42. The van der Waals surface area contributed by atoms with E-state index in [0.717, 1.165) is 6.07 Å². The first-order chi connectivity index (χ1) is 16.0. The molecule has 4 aromatic rings. The molecule has 0 aliphatic rings. The number of carbonyl (C=O) groups is 2. The zero-order chi connectivity index (χ0) is 23.2. The quantitative estimate of drug-likeness (QED) is 0.464. The number of hydrogen-bond acceptors (Lipinski definition) is 4. The van der Waals surface area contributed by atoms with Crippen molar-refractivity contribution in [3.8, 4) is 0 Å². The third-order valence-corrected chi connectivity index (χ3v) is 4.82. The molecule has 0 saturated carbocycles. The summed E-state index contributed by atoms with van der Waals surface area (Å²) in [5.74, 6) is -2.24. The van der Waals surface area contributed by atoms with Crippen LogP contribution >= 0.6 is 0 Å². The van der Waals surface area contributed by atoms with Gasteiger partial charge in [-0.1, -0.05) is 36.4 Å². The fourth-order valence-corrected chi connectivity index (χ4v) is 3.34. The van der Waals surface area contributed by atoms with E-state index < -0.39 is 29.5 Å². The van der Waals surface area contributed by atoms with Gasteiger partial charge in [0.05, 0.1) is 6.20 Å². The van der Waals surface area contributed by atoms with E-state index in [1.807, 2.05) is 0 Å². The van der Waals surface area contributed by atoms with Crippen molar-refractivity contribution in [1.29, 1.82) is 0 Å². The molecule has 0 aliphatic carbocycles. The number of amides is 2. The molecule has 0 aliphatic heterocycles. The molecule has 6 nitrogen and oxygen atoms in total. The Bertz CT molecular complexity index is 1250. The Hall–Kier alpha value is -4.46. The topological polar surface area (TPSA) is 75.2 Å². The van der Waals surface area contributed by atoms with E-state index in [1.54, 1.807) is 30.3 Å². The lowest BCUT2D eigenvalue weighted by molar-refractivity contribution is -0.117. The normalized spacial score (nSPS) is 11.5. The van der Waals surface area contributed by atoms with Crippen molar-refractivity contribution in [3.63, 3.8) is 0 Å². The molecule has 4 rings (SSSR count). The van der Waals surface area contributed by atoms with Gasteiger partial charge in [0.1, 0.15) is 23.4 Å². The van der Waals surface area contributed by atoms with Crippen LogP contribution in [0.15, 0.2) is 97.5 Å². The smallest absolute Gasteiger partial charge is 0.279 e. The van der Waals surface area contributed by atoms with Crippen LogP contribution in [0, 0.1) is 11.6 Å². The first-order valence-electron chi connectivity index (χ1n) is 9.99. The first kappa shape index (κ1) is 21.8. The van der Waals surface area contributed by atoms with Crippen LogP contribution < -0.4 is 10.2 Å². The molecule has 33 heavy (non-hydrogen) atoms. The van der Waals surface area contributed by atoms with Gasteiger partial charge in [0.2, 0.25) is 0 Å². The van der Waals surface area contributed by atoms with Gasteiger partial charge in [-0.2, -0.15) is 0 Å². The zero-order valence-electron chi connectivity index (χ0n) is 17.2. The lowest BCUT2D eigenvalue weighted by atomic mass is 10.0. The predicted octanol–water partition coefficient (Wildman–Crippen LogP) is 4.78. The molecule has 3 aromatic carbocycles. The number of halogens is 2. The number of benzene rings is 3. The Morgan fingerprint density at radius 3 is 2.27 bits per heavy atom. The Morgan fingerprint density at radius 1 is 0.848 bits per heavy atom. The maximum Gasteiger partial charge on any atom is 0.279 e. The van der Waals surface area contributed by atoms with E-state index in [-0.39, 0.29) is 11.4 Å². The number of anilines is 2. The van der Waals surface area contributed by atoms with E-state index in [9.17, 15) is 18.4 Å². The number of rotatable bonds is 6. The van der Waals surface area contributed by atoms with Crippen LogP contribution in [0.1, 0.15) is 22.1 Å². The van der Waals surface area contributed by atoms with Crippen molar-refractivity contribution in [2.45, 2.75) is 6.04 Å². The van der Waals surface area contributed by atoms with Crippen LogP contribution in [0.4, 0.5) is 20.2 Å². The molecule has 1 heterocycles. The van der Waals surface area contributed by atoms with E-state index in [0.29, 0.717) is 11.3 Å². The van der Waals surface area contributed by atoms with Crippen molar-refractivity contribution < 1.29 is 18.4 Å².